The number of carboxylic acids is 1. The molecular formula is C15H11BrClFO2. The number of hydrogen-bond donors (Lipinski definition) is 1. The van der Waals surface area contributed by atoms with Gasteiger partial charge in [0, 0.05) is 9.50 Å². The van der Waals surface area contributed by atoms with Crippen molar-refractivity contribution in [1.29, 1.82) is 0 Å². The fourth-order valence-corrected chi connectivity index (χ4v) is 2.60. The summed E-state index contributed by atoms with van der Waals surface area (Å²) in [5, 5.41) is 9.76. The van der Waals surface area contributed by atoms with Crippen molar-refractivity contribution in [2.45, 2.75) is 12.3 Å². The Morgan fingerprint density at radius 3 is 2.70 bits per heavy atom. The third-order valence-corrected chi connectivity index (χ3v) is 3.71. The number of aliphatic carboxylic acids is 1. The zero-order valence-electron chi connectivity index (χ0n) is 10.3. The van der Waals surface area contributed by atoms with Crippen LogP contribution in [0.5, 0.6) is 0 Å². The molecule has 0 heterocycles. The Bertz CT molecular complexity index is 646. The molecule has 1 N–H and O–H groups in total. The lowest BCUT2D eigenvalue weighted by Gasteiger charge is -2.14. The van der Waals surface area contributed by atoms with Crippen LogP contribution in [0.1, 0.15) is 17.0 Å². The highest BCUT2D eigenvalue weighted by Crippen LogP contribution is 2.26. The quantitative estimate of drug-likeness (QED) is 0.864. The molecule has 2 aromatic rings. The highest BCUT2D eigenvalue weighted by atomic mass is 79.9. The van der Waals surface area contributed by atoms with Gasteiger partial charge in [0.1, 0.15) is 5.82 Å². The second kappa shape index (κ2) is 6.37. The first kappa shape index (κ1) is 15.0. The van der Waals surface area contributed by atoms with E-state index < -0.39 is 17.7 Å². The van der Waals surface area contributed by atoms with Gasteiger partial charge >= 0.3 is 5.97 Å². The summed E-state index contributed by atoms with van der Waals surface area (Å²) in [6.45, 7) is 0. The third kappa shape index (κ3) is 3.58. The van der Waals surface area contributed by atoms with Crippen LogP contribution in [0.4, 0.5) is 4.39 Å². The lowest BCUT2D eigenvalue weighted by atomic mass is 9.92. The van der Waals surface area contributed by atoms with Crippen molar-refractivity contribution in [1.82, 2.24) is 0 Å². The summed E-state index contributed by atoms with van der Waals surface area (Å²) in [6.07, 6.45) is 0.0537. The Balaban J connectivity index is 2.35. The van der Waals surface area contributed by atoms with E-state index in [9.17, 15) is 14.3 Å². The molecule has 2 rings (SSSR count). The summed E-state index contributed by atoms with van der Waals surface area (Å²) < 4.78 is 14.5. The maximum Gasteiger partial charge on any atom is 0.311 e. The van der Waals surface area contributed by atoms with Gasteiger partial charge < -0.3 is 5.11 Å². The molecule has 5 heteroatoms. The number of rotatable bonds is 4. The number of carbonyl (C=O) groups is 1. The van der Waals surface area contributed by atoms with Crippen LogP contribution in [0, 0.1) is 5.82 Å². The predicted octanol–water partition coefficient (Wildman–Crippen LogP) is 4.65. The average molecular weight is 358 g/mol. The van der Waals surface area contributed by atoms with Crippen LogP contribution in [0.2, 0.25) is 5.02 Å². The number of hydrogen-bond acceptors (Lipinski definition) is 1. The summed E-state index contributed by atoms with van der Waals surface area (Å²) in [4.78, 5) is 11.4. The minimum absolute atomic E-state index is 0.0537. The predicted molar refractivity (Wildman–Crippen MR) is 79.6 cm³/mol. The normalized spacial score (nSPS) is 12.2. The van der Waals surface area contributed by atoms with Crippen LogP contribution in [-0.2, 0) is 11.2 Å². The molecule has 0 spiro atoms. The SMILES string of the molecule is O=C(O)C(Cc1cc(Cl)ccc1F)c1cccc(Br)c1. The summed E-state index contributed by atoms with van der Waals surface area (Å²) in [6, 6.07) is 11.1. The summed E-state index contributed by atoms with van der Waals surface area (Å²) in [5.74, 6) is -2.27. The highest BCUT2D eigenvalue weighted by molar-refractivity contribution is 9.10. The van der Waals surface area contributed by atoms with Crippen molar-refractivity contribution in [3.63, 3.8) is 0 Å². The van der Waals surface area contributed by atoms with Gasteiger partial charge in [-0.25, -0.2) is 4.39 Å². The largest absolute Gasteiger partial charge is 0.481 e. The van der Waals surface area contributed by atoms with Crippen LogP contribution < -0.4 is 0 Å². The van der Waals surface area contributed by atoms with E-state index in [4.69, 9.17) is 11.6 Å². The smallest absolute Gasteiger partial charge is 0.311 e. The van der Waals surface area contributed by atoms with Crippen molar-refractivity contribution >= 4 is 33.5 Å². The first-order valence-electron chi connectivity index (χ1n) is 5.89. The molecule has 0 aliphatic carbocycles. The standard InChI is InChI=1S/C15H11BrClFO2/c16-11-3-1-2-9(6-11)13(15(19)20)8-10-7-12(17)4-5-14(10)18/h1-7,13H,8H2,(H,19,20). The zero-order chi connectivity index (χ0) is 14.7. The molecule has 0 fully saturated rings. The monoisotopic (exact) mass is 356 g/mol. The Morgan fingerprint density at radius 2 is 2.05 bits per heavy atom. The van der Waals surface area contributed by atoms with E-state index in [1.54, 1.807) is 18.2 Å². The van der Waals surface area contributed by atoms with Crippen molar-refractivity contribution in [2.75, 3.05) is 0 Å². The second-order valence-corrected chi connectivity index (χ2v) is 5.74. The molecule has 0 aliphatic heterocycles. The minimum Gasteiger partial charge on any atom is -0.481 e. The van der Waals surface area contributed by atoms with Gasteiger partial charge in [-0.2, -0.15) is 0 Å². The highest BCUT2D eigenvalue weighted by Gasteiger charge is 2.22. The molecule has 0 bridgehead atoms. The second-order valence-electron chi connectivity index (χ2n) is 4.39. The molecule has 104 valence electrons. The fourth-order valence-electron chi connectivity index (χ4n) is 1.99. The van der Waals surface area contributed by atoms with E-state index in [-0.39, 0.29) is 6.42 Å². The molecule has 0 radical (unpaired) electrons. The molecule has 2 aromatic carbocycles. The maximum absolute atomic E-state index is 13.7. The lowest BCUT2D eigenvalue weighted by molar-refractivity contribution is -0.138. The first-order valence-corrected chi connectivity index (χ1v) is 7.06. The maximum atomic E-state index is 13.7. The number of halogens is 3. The van der Waals surface area contributed by atoms with Crippen molar-refractivity contribution in [3.8, 4) is 0 Å². The molecule has 0 aromatic heterocycles. The van der Waals surface area contributed by atoms with E-state index in [1.807, 2.05) is 6.07 Å². The number of carboxylic acid groups (broad SMARTS) is 1. The van der Waals surface area contributed by atoms with Gasteiger partial charge in [0.15, 0.2) is 0 Å². The average Bonchev–Trinajstić information content (AvgIpc) is 2.39. The van der Waals surface area contributed by atoms with Gasteiger partial charge in [0.2, 0.25) is 0 Å². The molecule has 0 saturated heterocycles. The Kier molecular flexibility index (Phi) is 4.78. The van der Waals surface area contributed by atoms with E-state index in [0.717, 1.165) is 4.47 Å². The van der Waals surface area contributed by atoms with Gasteiger partial charge in [-0.1, -0.05) is 39.7 Å². The molecule has 20 heavy (non-hydrogen) atoms. The van der Waals surface area contributed by atoms with E-state index in [2.05, 4.69) is 15.9 Å². The van der Waals surface area contributed by atoms with Gasteiger partial charge in [-0.05, 0) is 47.9 Å². The first-order chi connectivity index (χ1) is 9.47. The summed E-state index contributed by atoms with van der Waals surface area (Å²) in [7, 11) is 0. The topological polar surface area (TPSA) is 37.3 Å². The molecule has 2 nitrogen and oxygen atoms in total. The van der Waals surface area contributed by atoms with E-state index in [1.165, 1.54) is 18.2 Å². The van der Waals surface area contributed by atoms with Gasteiger partial charge in [-0.15, -0.1) is 0 Å². The zero-order valence-corrected chi connectivity index (χ0v) is 12.7. The molecule has 0 saturated carbocycles. The molecule has 0 aliphatic rings. The van der Waals surface area contributed by atoms with Crippen LogP contribution >= 0.6 is 27.5 Å². The van der Waals surface area contributed by atoms with Gasteiger partial charge in [0.05, 0.1) is 5.92 Å². The summed E-state index contributed by atoms with van der Waals surface area (Å²) >= 11 is 9.13. The van der Waals surface area contributed by atoms with Crippen molar-refractivity contribution < 1.29 is 14.3 Å². The van der Waals surface area contributed by atoms with Crippen molar-refractivity contribution in [3.05, 3.63) is 68.9 Å². The fraction of sp³-hybridized carbons (Fsp3) is 0.133. The van der Waals surface area contributed by atoms with Gasteiger partial charge in [-0.3, -0.25) is 4.79 Å². The number of benzene rings is 2. The van der Waals surface area contributed by atoms with Crippen molar-refractivity contribution in [2.24, 2.45) is 0 Å². The van der Waals surface area contributed by atoms with Crippen LogP contribution in [-0.4, -0.2) is 11.1 Å². The minimum atomic E-state index is -0.998. The molecule has 1 unspecified atom stereocenters. The molecular weight excluding hydrogens is 347 g/mol. The van der Waals surface area contributed by atoms with E-state index in [0.29, 0.717) is 16.1 Å². The van der Waals surface area contributed by atoms with Crippen LogP contribution in [0.25, 0.3) is 0 Å². The Morgan fingerprint density at radius 1 is 1.30 bits per heavy atom. The lowest BCUT2D eigenvalue weighted by Crippen LogP contribution is -2.15. The molecule has 1 atom stereocenters. The van der Waals surface area contributed by atoms with E-state index >= 15 is 0 Å². The van der Waals surface area contributed by atoms with Crippen LogP contribution in [0.15, 0.2) is 46.9 Å². The third-order valence-electron chi connectivity index (χ3n) is 2.98. The summed E-state index contributed by atoms with van der Waals surface area (Å²) in [5.41, 5.74) is 0.913. The Labute approximate surface area is 129 Å². The van der Waals surface area contributed by atoms with Gasteiger partial charge in [0.25, 0.3) is 0 Å². The Hall–Kier alpha value is -1.39. The van der Waals surface area contributed by atoms with Crippen LogP contribution in [0.3, 0.4) is 0 Å². The molecule has 0 amide bonds.